The van der Waals surface area contributed by atoms with Crippen molar-refractivity contribution in [2.45, 2.75) is 45.2 Å². The summed E-state index contributed by atoms with van der Waals surface area (Å²) in [5, 5.41) is 9.48. The molecule has 0 unspecified atom stereocenters. The van der Waals surface area contributed by atoms with E-state index < -0.39 is 0 Å². The molecule has 0 aliphatic carbocycles. The van der Waals surface area contributed by atoms with E-state index >= 15 is 0 Å². The van der Waals surface area contributed by atoms with Crippen molar-refractivity contribution < 1.29 is 9.90 Å². The number of aromatic nitrogens is 3. The minimum absolute atomic E-state index is 0.0157. The van der Waals surface area contributed by atoms with Crippen LogP contribution in [0.5, 0.6) is 5.75 Å². The number of benzene rings is 1. The van der Waals surface area contributed by atoms with Gasteiger partial charge in [0.05, 0.1) is 17.1 Å². The molecule has 7 nitrogen and oxygen atoms in total. The van der Waals surface area contributed by atoms with Crippen molar-refractivity contribution in [2.24, 2.45) is 0 Å². The van der Waals surface area contributed by atoms with Crippen molar-refractivity contribution in [2.75, 3.05) is 6.54 Å². The van der Waals surface area contributed by atoms with Gasteiger partial charge in [-0.05, 0) is 44.4 Å². The van der Waals surface area contributed by atoms with E-state index in [-0.39, 0.29) is 23.3 Å². The first-order valence-corrected chi connectivity index (χ1v) is 9.67. The van der Waals surface area contributed by atoms with Crippen molar-refractivity contribution in [3.63, 3.8) is 0 Å². The lowest BCUT2D eigenvalue weighted by Crippen LogP contribution is -2.31. The summed E-state index contributed by atoms with van der Waals surface area (Å²) in [6.45, 7) is 2.97. The molecule has 28 heavy (non-hydrogen) atoms. The van der Waals surface area contributed by atoms with E-state index in [2.05, 4.69) is 9.97 Å². The van der Waals surface area contributed by atoms with Crippen LogP contribution in [-0.2, 0) is 11.3 Å². The van der Waals surface area contributed by atoms with Gasteiger partial charge in [0.2, 0.25) is 5.91 Å². The Bertz CT molecular complexity index is 1040. The number of hydrogen-bond acceptors (Lipinski definition) is 4. The minimum Gasteiger partial charge on any atom is -0.508 e. The predicted molar refractivity (Wildman–Crippen MR) is 106 cm³/mol. The molecule has 1 aromatic carbocycles. The Morgan fingerprint density at radius 2 is 2.14 bits per heavy atom. The zero-order valence-corrected chi connectivity index (χ0v) is 15.9. The van der Waals surface area contributed by atoms with Gasteiger partial charge >= 0.3 is 0 Å². The van der Waals surface area contributed by atoms with E-state index in [9.17, 15) is 14.7 Å². The van der Waals surface area contributed by atoms with Gasteiger partial charge in [0.25, 0.3) is 5.56 Å². The second-order valence-electron chi connectivity index (χ2n) is 7.33. The number of amides is 1. The molecule has 3 heterocycles. The van der Waals surface area contributed by atoms with Crippen molar-refractivity contribution >= 4 is 16.9 Å². The third-order valence-electron chi connectivity index (χ3n) is 5.39. The fourth-order valence-electron chi connectivity index (χ4n) is 4.01. The molecule has 0 radical (unpaired) electrons. The van der Waals surface area contributed by atoms with Crippen LogP contribution in [0.25, 0.3) is 11.0 Å². The number of nitrogens with one attached hydrogen (secondary N) is 1. The lowest BCUT2D eigenvalue weighted by Gasteiger charge is -2.23. The third kappa shape index (κ3) is 3.52. The number of aromatic hydroxyl groups is 1. The number of rotatable bonds is 5. The highest BCUT2D eigenvalue weighted by Crippen LogP contribution is 2.32. The predicted octanol–water partition coefficient (Wildman–Crippen LogP) is 2.88. The van der Waals surface area contributed by atoms with Gasteiger partial charge in [-0.2, -0.15) is 0 Å². The van der Waals surface area contributed by atoms with Crippen LogP contribution in [0.4, 0.5) is 0 Å². The summed E-state index contributed by atoms with van der Waals surface area (Å²) < 4.78 is 1.59. The minimum atomic E-state index is -0.244. The molecule has 1 fully saturated rings. The number of hydrogen-bond donors (Lipinski definition) is 2. The molecule has 0 saturated carbocycles. The van der Waals surface area contributed by atoms with Crippen LogP contribution < -0.4 is 5.56 Å². The lowest BCUT2D eigenvalue weighted by molar-refractivity contribution is -0.132. The monoisotopic (exact) mass is 380 g/mol. The molecule has 1 aliphatic heterocycles. The molecule has 7 heteroatoms. The van der Waals surface area contributed by atoms with E-state index in [0.717, 1.165) is 36.2 Å². The van der Waals surface area contributed by atoms with Crippen molar-refractivity contribution in [3.05, 3.63) is 58.3 Å². The summed E-state index contributed by atoms with van der Waals surface area (Å²) >= 11 is 0. The second-order valence-corrected chi connectivity index (χ2v) is 7.33. The van der Waals surface area contributed by atoms with Crippen LogP contribution >= 0.6 is 0 Å². The van der Waals surface area contributed by atoms with Crippen LogP contribution in [0.2, 0.25) is 0 Å². The Morgan fingerprint density at radius 1 is 1.32 bits per heavy atom. The molecule has 1 atom stereocenters. The maximum atomic E-state index is 12.8. The Labute approximate surface area is 162 Å². The van der Waals surface area contributed by atoms with Gasteiger partial charge in [-0.1, -0.05) is 12.1 Å². The molecule has 1 aliphatic rings. The summed E-state index contributed by atoms with van der Waals surface area (Å²) in [6.07, 6.45) is 2.82. The van der Waals surface area contributed by atoms with Crippen molar-refractivity contribution in [1.82, 2.24) is 19.4 Å². The number of imidazole rings is 1. The fourth-order valence-corrected chi connectivity index (χ4v) is 4.01. The SMILES string of the molecule is Cc1cc(O)cc(=O)n1CCCC(=O)N1CCC[C@H]1c1nc2ccccc2[nH]1. The van der Waals surface area contributed by atoms with Crippen molar-refractivity contribution in [3.8, 4) is 5.75 Å². The van der Waals surface area contributed by atoms with Crippen molar-refractivity contribution in [1.29, 1.82) is 0 Å². The van der Waals surface area contributed by atoms with E-state index in [1.54, 1.807) is 17.6 Å². The number of para-hydroxylation sites is 2. The number of aryl methyl sites for hydroxylation is 1. The van der Waals surface area contributed by atoms with Gasteiger partial charge in [0, 0.05) is 31.3 Å². The highest BCUT2D eigenvalue weighted by molar-refractivity contribution is 5.78. The Morgan fingerprint density at radius 3 is 2.93 bits per heavy atom. The van der Waals surface area contributed by atoms with E-state index in [4.69, 9.17) is 0 Å². The maximum absolute atomic E-state index is 12.8. The largest absolute Gasteiger partial charge is 0.508 e. The summed E-state index contributed by atoms with van der Waals surface area (Å²) in [5.41, 5.74) is 2.35. The lowest BCUT2D eigenvalue weighted by atomic mass is 10.2. The van der Waals surface area contributed by atoms with Gasteiger partial charge in [-0.25, -0.2) is 4.98 Å². The first-order valence-electron chi connectivity index (χ1n) is 9.67. The zero-order valence-electron chi connectivity index (χ0n) is 15.9. The summed E-state index contributed by atoms with van der Waals surface area (Å²) in [7, 11) is 0. The van der Waals surface area contributed by atoms with Crippen LogP contribution in [0.3, 0.4) is 0 Å². The Kier molecular flexibility index (Phi) is 4.90. The van der Waals surface area contributed by atoms with E-state index in [1.165, 1.54) is 6.07 Å². The van der Waals surface area contributed by atoms with E-state index in [1.807, 2.05) is 29.2 Å². The first kappa shape index (κ1) is 18.3. The number of likely N-dealkylation sites (tertiary alicyclic amines) is 1. The molecular formula is C21H24N4O3. The standard InChI is InChI=1S/C21H24N4O3/c1-14-12-15(26)13-20(28)24(14)10-5-9-19(27)25-11-4-8-18(25)21-22-16-6-2-3-7-17(16)23-21/h2-3,6-7,12-13,18,26H,4-5,8-11H2,1H3,(H,22,23)/t18-/m0/s1. The quantitative estimate of drug-likeness (QED) is 0.712. The smallest absolute Gasteiger partial charge is 0.254 e. The van der Waals surface area contributed by atoms with Gasteiger partial charge in [0.15, 0.2) is 0 Å². The van der Waals surface area contributed by atoms with Crippen LogP contribution in [-0.4, -0.2) is 37.0 Å². The molecule has 3 aromatic rings. The van der Waals surface area contributed by atoms with Gasteiger partial charge in [0.1, 0.15) is 11.6 Å². The van der Waals surface area contributed by atoms with Gasteiger partial charge < -0.3 is 19.6 Å². The number of pyridine rings is 1. The summed E-state index contributed by atoms with van der Waals surface area (Å²) in [4.78, 5) is 34.8. The Balaban J connectivity index is 1.42. The van der Waals surface area contributed by atoms with Crippen LogP contribution in [0, 0.1) is 6.92 Å². The number of nitrogens with zero attached hydrogens (tertiary/aromatic N) is 3. The number of fused-ring (bicyclic) bond motifs is 1. The molecular weight excluding hydrogens is 356 g/mol. The topological polar surface area (TPSA) is 91.2 Å². The average Bonchev–Trinajstić information content (AvgIpc) is 3.29. The van der Waals surface area contributed by atoms with Crippen LogP contribution in [0.1, 0.15) is 43.2 Å². The number of carbonyl (C=O) groups is 1. The highest BCUT2D eigenvalue weighted by atomic mass is 16.3. The van der Waals surface area contributed by atoms with E-state index in [0.29, 0.717) is 25.1 Å². The van der Waals surface area contributed by atoms with Gasteiger partial charge in [-0.15, -0.1) is 0 Å². The van der Waals surface area contributed by atoms with Crippen LogP contribution in [0.15, 0.2) is 41.2 Å². The molecule has 2 N–H and O–H groups in total. The molecule has 0 bridgehead atoms. The molecule has 4 rings (SSSR count). The number of carbonyl (C=O) groups excluding carboxylic acids is 1. The normalized spacial score (nSPS) is 16.8. The molecule has 1 amide bonds. The molecule has 1 saturated heterocycles. The fraction of sp³-hybridized carbons (Fsp3) is 0.381. The second kappa shape index (κ2) is 7.50. The first-order chi connectivity index (χ1) is 13.5. The zero-order chi connectivity index (χ0) is 19.7. The average molecular weight is 380 g/mol. The summed E-state index contributed by atoms with van der Waals surface area (Å²) in [6, 6.07) is 10.6. The summed E-state index contributed by atoms with van der Waals surface area (Å²) in [5.74, 6) is 0.908. The molecule has 2 aromatic heterocycles. The Hall–Kier alpha value is -3.09. The molecule has 146 valence electrons. The number of aromatic amines is 1. The number of H-pyrrole nitrogens is 1. The third-order valence-corrected chi connectivity index (χ3v) is 5.39. The van der Waals surface area contributed by atoms with Gasteiger partial charge in [-0.3, -0.25) is 9.59 Å². The highest BCUT2D eigenvalue weighted by Gasteiger charge is 2.31. The maximum Gasteiger partial charge on any atom is 0.254 e. The molecule has 0 spiro atoms.